The van der Waals surface area contributed by atoms with Gasteiger partial charge in [0.1, 0.15) is 0 Å². The Morgan fingerprint density at radius 3 is 2.47 bits per heavy atom. The van der Waals surface area contributed by atoms with Gasteiger partial charge in [-0.3, -0.25) is 9.69 Å². The molecule has 0 aliphatic carbocycles. The van der Waals surface area contributed by atoms with Crippen molar-refractivity contribution in [1.29, 1.82) is 0 Å². The first-order chi connectivity index (χ1) is 7.93. The Hall–Kier alpha value is -0.370. The lowest BCUT2D eigenvalue weighted by molar-refractivity contribution is -0.119. The van der Waals surface area contributed by atoms with Crippen LogP contribution in [0.3, 0.4) is 0 Å². The molecule has 1 amide bonds. The number of rotatable bonds is 6. The molecule has 0 radical (unpaired) electrons. The summed E-state index contributed by atoms with van der Waals surface area (Å²) < 4.78 is 25.6. The van der Waals surface area contributed by atoms with Crippen molar-refractivity contribution in [1.82, 2.24) is 9.62 Å². The summed E-state index contributed by atoms with van der Waals surface area (Å²) in [5.41, 5.74) is 5.09. The maximum absolute atomic E-state index is 11.5. The largest absolute Gasteiger partial charge is 0.369 e. The van der Waals surface area contributed by atoms with E-state index in [0.29, 0.717) is 25.9 Å². The highest BCUT2D eigenvalue weighted by molar-refractivity contribution is 7.89. The van der Waals surface area contributed by atoms with E-state index >= 15 is 0 Å². The average molecular weight is 284 g/mol. The highest BCUT2D eigenvalue weighted by atomic mass is 35.5. The third-order valence-electron chi connectivity index (χ3n) is 2.66. The van der Waals surface area contributed by atoms with Crippen LogP contribution in [-0.2, 0) is 14.8 Å². The van der Waals surface area contributed by atoms with E-state index in [-0.39, 0.29) is 30.1 Å². The third-order valence-corrected chi connectivity index (χ3v) is 4.51. The topological polar surface area (TPSA) is 92.5 Å². The van der Waals surface area contributed by atoms with Gasteiger partial charge in [-0.15, -0.1) is 11.6 Å². The fourth-order valence-corrected chi connectivity index (χ4v) is 3.52. The van der Waals surface area contributed by atoms with E-state index in [9.17, 15) is 13.2 Å². The van der Waals surface area contributed by atoms with Gasteiger partial charge < -0.3 is 5.73 Å². The number of primary amides is 1. The van der Waals surface area contributed by atoms with E-state index in [1.54, 1.807) is 0 Å². The number of piperidine rings is 1. The Morgan fingerprint density at radius 2 is 2.00 bits per heavy atom. The summed E-state index contributed by atoms with van der Waals surface area (Å²) in [6, 6.07) is -0.0626. The molecule has 0 bridgehead atoms. The Morgan fingerprint density at radius 1 is 1.41 bits per heavy atom. The second-order valence-corrected chi connectivity index (χ2v) is 6.39. The van der Waals surface area contributed by atoms with Crippen LogP contribution < -0.4 is 10.5 Å². The fraction of sp³-hybridized carbons (Fsp3) is 0.889. The van der Waals surface area contributed by atoms with Crippen LogP contribution in [-0.4, -0.2) is 56.5 Å². The van der Waals surface area contributed by atoms with Crippen molar-refractivity contribution < 1.29 is 13.2 Å². The minimum Gasteiger partial charge on any atom is -0.369 e. The standard InChI is InChI=1S/C9H18ClN3O3S/c10-3-6-17(15,16)12-8-1-4-13(5-2-8)7-9(11)14/h8,12H,1-7H2,(H2,11,14). The molecule has 0 aromatic heterocycles. The Bertz CT molecular complexity index is 352. The number of hydrogen-bond donors (Lipinski definition) is 2. The van der Waals surface area contributed by atoms with Gasteiger partial charge in [0.25, 0.3) is 0 Å². The summed E-state index contributed by atoms with van der Waals surface area (Å²) in [4.78, 5) is 12.6. The van der Waals surface area contributed by atoms with Crippen molar-refractivity contribution in [2.75, 3.05) is 31.3 Å². The second-order valence-electron chi connectivity index (χ2n) is 4.14. The number of halogens is 1. The number of nitrogens with one attached hydrogen (secondary N) is 1. The van der Waals surface area contributed by atoms with Gasteiger partial charge in [0, 0.05) is 25.0 Å². The van der Waals surface area contributed by atoms with Crippen molar-refractivity contribution in [3.05, 3.63) is 0 Å². The maximum atomic E-state index is 11.5. The zero-order valence-corrected chi connectivity index (χ0v) is 11.1. The number of carbonyl (C=O) groups excluding carboxylic acids is 1. The molecule has 100 valence electrons. The minimum atomic E-state index is -3.26. The van der Waals surface area contributed by atoms with Crippen LogP contribution >= 0.6 is 11.6 Å². The molecular formula is C9H18ClN3O3S. The molecule has 6 nitrogen and oxygen atoms in total. The van der Waals surface area contributed by atoms with Crippen LogP contribution in [0, 0.1) is 0 Å². The van der Waals surface area contributed by atoms with Gasteiger partial charge in [-0.25, -0.2) is 13.1 Å². The lowest BCUT2D eigenvalue weighted by atomic mass is 10.1. The highest BCUT2D eigenvalue weighted by Crippen LogP contribution is 2.10. The molecule has 1 aliphatic rings. The predicted molar refractivity (Wildman–Crippen MR) is 66.3 cm³/mol. The monoisotopic (exact) mass is 283 g/mol. The van der Waals surface area contributed by atoms with Gasteiger partial charge in [0.05, 0.1) is 12.3 Å². The van der Waals surface area contributed by atoms with Crippen molar-refractivity contribution >= 4 is 27.5 Å². The molecule has 0 aromatic carbocycles. The number of nitrogens with zero attached hydrogens (tertiary/aromatic N) is 1. The van der Waals surface area contributed by atoms with E-state index in [4.69, 9.17) is 17.3 Å². The van der Waals surface area contributed by atoms with Gasteiger partial charge >= 0.3 is 0 Å². The average Bonchev–Trinajstić information content (AvgIpc) is 2.19. The number of nitrogens with two attached hydrogens (primary N) is 1. The fourth-order valence-electron chi connectivity index (χ4n) is 1.84. The van der Waals surface area contributed by atoms with Gasteiger partial charge in [0.15, 0.2) is 0 Å². The summed E-state index contributed by atoms with van der Waals surface area (Å²) in [6.07, 6.45) is 1.38. The van der Waals surface area contributed by atoms with Crippen LogP contribution in [0.25, 0.3) is 0 Å². The second kappa shape index (κ2) is 6.53. The molecule has 3 N–H and O–H groups in total. The molecule has 1 heterocycles. The highest BCUT2D eigenvalue weighted by Gasteiger charge is 2.23. The number of amides is 1. The van der Waals surface area contributed by atoms with E-state index in [1.165, 1.54) is 0 Å². The quantitative estimate of drug-likeness (QED) is 0.618. The summed E-state index contributed by atoms with van der Waals surface area (Å²) >= 11 is 5.41. The summed E-state index contributed by atoms with van der Waals surface area (Å²) in [6.45, 7) is 1.59. The van der Waals surface area contributed by atoms with Crippen LogP contribution in [0.1, 0.15) is 12.8 Å². The zero-order valence-electron chi connectivity index (χ0n) is 9.56. The van der Waals surface area contributed by atoms with Gasteiger partial charge in [-0.05, 0) is 12.8 Å². The summed E-state index contributed by atoms with van der Waals surface area (Å²) in [5, 5.41) is 0. The zero-order chi connectivity index (χ0) is 12.9. The van der Waals surface area contributed by atoms with Crippen LogP contribution in [0.15, 0.2) is 0 Å². The smallest absolute Gasteiger partial charge is 0.231 e. The van der Waals surface area contributed by atoms with Crippen molar-refractivity contribution in [3.8, 4) is 0 Å². The molecule has 1 fully saturated rings. The van der Waals surface area contributed by atoms with E-state index in [0.717, 1.165) is 0 Å². The van der Waals surface area contributed by atoms with E-state index < -0.39 is 10.0 Å². The van der Waals surface area contributed by atoms with Crippen molar-refractivity contribution in [2.24, 2.45) is 5.73 Å². The molecule has 0 spiro atoms. The van der Waals surface area contributed by atoms with Gasteiger partial charge in [0.2, 0.25) is 15.9 Å². The molecule has 0 atom stereocenters. The summed E-state index contributed by atoms with van der Waals surface area (Å²) in [7, 11) is -3.26. The molecule has 0 unspecified atom stereocenters. The van der Waals surface area contributed by atoms with E-state index in [1.807, 2.05) is 4.90 Å². The molecule has 17 heavy (non-hydrogen) atoms. The van der Waals surface area contributed by atoms with Crippen LogP contribution in [0.5, 0.6) is 0 Å². The predicted octanol–water partition coefficient (Wildman–Crippen LogP) is -0.906. The molecule has 0 aromatic rings. The number of alkyl halides is 1. The first-order valence-electron chi connectivity index (χ1n) is 5.49. The van der Waals surface area contributed by atoms with E-state index in [2.05, 4.69) is 4.72 Å². The first kappa shape index (κ1) is 14.7. The lowest BCUT2D eigenvalue weighted by Crippen LogP contribution is -2.47. The maximum Gasteiger partial charge on any atom is 0.231 e. The molecule has 0 saturated carbocycles. The Labute approximate surface area is 107 Å². The van der Waals surface area contributed by atoms with Crippen molar-refractivity contribution in [3.63, 3.8) is 0 Å². The third kappa shape index (κ3) is 5.67. The number of likely N-dealkylation sites (tertiary alicyclic amines) is 1. The first-order valence-corrected chi connectivity index (χ1v) is 7.68. The van der Waals surface area contributed by atoms with Gasteiger partial charge in [-0.1, -0.05) is 0 Å². The molecule has 1 saturated heterocycles. The number of carbonyl (C=O) groups is 1. The van der Waals surface area contributed by atoms with Crippen LogP contribution in [0.2, 0.25) is 0 Å². The SMILES string of the molecule is NC(=O)CN1CCC(NS(=O)(=O)CCCl)CC1. The molecule has 1 rings (SSSR count). The molecule has 8 heteroatoms. The lowest BCUT2D eigenvalue weighted by Gasteiger charge is -2.31. The van der Waals surface area contributed by atoms with Crippen LogP contribution in [0.4, 0.5) is 0 Å². The Balaban J connectivity index is 2.35. The summed E-state index contributed by atoms with van der Waals surface area (Å²) in [5.74, 6) is -0.322. The number of sulfonamides is 1. The molecular weight excluding hydrogens is 266 g/mol. The minimum absolute atomic E-state index is 0.0595. The van der Waals surface area contributed by atoms with Gasteiger partial charge in [-0.2, -0.15) is 0 Å². The normalized spacial score (nSPS) is 19.4. The molecule has 1 aliphatic heterocycles. The Kier molecular flexibility index (Phi) is 5.64. The number of hydrogen-bond acceptors (Lipinski definition) is 4. The van der Waals surface area contributed by atoms with Crippen molar-refractivity contribution in [2.45, 2.75) is 18.9 Å².